The average Bonchev–Trinajstić information content (AvgIpc) is 2.39. The van der Waals surface area contributed by atoms with Crippen molar-refractivity contribution in [1.29, 1.82) is 0 Å². The molecule has 0 heterocycles. The predicted octanol–water partition coefficient (Wildman–Crippen LogP) is 2.51. The maximum Gasteiger partial charge on any atom is 0.169 e. The largest absolute Gasteiger partial charge is 0.380 e. The SMILES string of the molecule is CCOCCN(C)CCC(=O)c1cccc(F)c1F. The van der Waals surface area contributed by atoms with Gasteiger partial charge in [-0.3, -0.25) is 4.79 Å². The molecule has 0 fully saturated rings. The number of ether oxygens (including phenoxy) is 1. The van der Waals surface area contributed by atoms with Crippen LogP contribution in [-0.2, 0) is 4.74 Å². The topological polar surface area (TPSA) is 29.5 Å². The normalized spacial score (nSPS) is 11.0. The molecule has 19 heavy (non-hydrogen) atoms. The first-order chi connectivity index (χ1) is 9.06. The van der Waals surface area contributed by atoms with Crippen molar-refractivity contribution in [2.45, 2.75) is 13.3 Å². The van der Waals surface area contributed by atoms with Gasteiger partial charge in [0.25, 0.3) is 0 Å². The number of hydrogen-bond donors (Lipinski definition) is 0. The van der Waals surface area contributed by atoms with Crippen LogP contribution in [0.25, 0.3) is 0 Å². The van der Waals surface area contributed by atoms with Gasteiger partial charge in [0, 0.05) is 26.1 Å². The van der Waals surface area contributed by atoms with E-state index < -0.39 is 11.6 Å². The molecule has 0 N–H and O–H groups in total. The zero-order valence-electron chi connectivity index (χ0n) is 11.3. The fourth-order valence-electron chi connectivity index (χ4n) is 1.62. The van der Waals surface area contributed by atoms with E-state index >= 15 is 0 Å². The van der Waals surface area contributed by atoms with E-state index in [2.05, 4.69) is 0 Å². The summed E-state index contributed by atoms with van der Waals surface area (Å²) in [7, 11) is 1.86. The number of ketones is 1. The van der Waals surface area contributed by atoms with Gasteiger partial charge in [-0.05, 0) is 26.1 Å². The van der Waals surface area contributed by atoms with Crippen molar-refractivity contribution >= 4 is 5.78 Å². The van der Waals surface area contributed by atoms with Crippen LogP contribution in [0.5, 0.6) is 0 Å². The summed E-state index contributed by atoms with van der Waals surface area (Å²) in [6.07, 6.45) is 0.156. The number of likely N-dealkylation sites (N-methyl/N-ethyl adjacent to an activating group) is 1. The number of halogens is 2. The van der Waals surface area contributed by atoms with Gasteiger partial charge in [0.1, 0.15) is 0 Å². The minimum Gasteiger partial charge on any atom is -0.380 e. The van der Waals surface area contributed by atoms with Gasteiger partial charge in [-0.2, -0.15) is 0 Å². The lowest BCUT2D eigenvalue weighted by molar-refractivity contribution is 0.0941. The summed E-state index contributed by atoms with van der Waals surface area (Å²) in [5.41, 5.74) is -0.182. The van der Waals surface area contributed by atoms with Gasteiger partial charge in [0.15, 0.2) is 17.4 Å². The third-order valence-corrected chi connectivity index (χ3v) is 2.79. The minimum atomic E-state index is -1.07. The molecule has 0 saturated carbocycles. The Kier molecular flexibility index (Phi) is 6.59. The molecule has 0 spiro atoms. The van der Waals surface area contributed by atoms with Crippen LogP contribution in [0.15, 0.2) is 18.2 Å². The van der Waals surface area contributed by atoms with Crippen LogP contribution in [0.2, 0.25) is 0 Å². The zero-order chi connectivity index (χ0) is 14.3. The molecule has 5 heteroatoms. The molecule has 1 aromatic carbocycles. The Hall–Kier alpha value is -1.33. The van der Waals surface area contributed by atoms with Crippen molar-refractivity contribution < 1.29 is 18.3 Å². The van der Waals surface area contributed by atoms with Crippen molar-refractivity contribution in [3.05, 3.63) is 35.4 Å². The van der Waals surface area contributed by atoms with E-state index in [1.807, 2.05) is 18.9 Å². The lowest BCUT2D eigenvalue weighted by atomic mass is 10.1. The molecule has 0 saturated heterocycles. The van der Waals surface area contributed by atoms with Crippen LogP contribution < -0.4 is 0 Å². The highest BCUT2D eigenvalue weighted by molar-refractivity contribution is 5.96. The van der Waals surface area contributed by atoms with Crippen molar-refractivity contribution in [1.82, 2.24) is 4.90 Å². The number of carbonyl (C=O) groups excluding carboxylic acids is 1. The zero-order valence-corrected chi connectivity index (χ0v) is 11.3. The Labute approximate surface area is 112 Å². The molecule has 0 unspecified atom stereocenters. The van der Waals surface area contributed by atoms with Crippen LogP contribution in [0.1, 0.15) is 23.7 Å². The molecule has 0 atom stereocenters. The summed E-state index contributed by atoms with van der Waals surface area (Å²) in [4.78, 5) is 13.7. The quantitative estimate of drug-likeness (QED) is 0.537. The van der Waals surface area contributed by atoms with E-state index in [-0.39, 0.29) is 17.8 Å². The molecule has 0 aromatic heterocycles. The van der Waals surface area contributed by atoms with Crippen molar-refractivity contribution in [2.24, 2.45) is 0 Å². The van der Waals surface area contributed by atoms with Gasteiger partial charge in [-0.15, -0.1) is 0 Å². The van der Waals surface area contributed by atoms with Gasteiger partial charge < -0.3 is 9.64 Å². The van der Waals surface area contributed by atoms with Crippen LogP contribution in [0.3, 0.4) is 0 Å². The summed E-state index contributed by atoms with van der Waals surface area (Å²) in [5.74, 6) is -2.44. The third kappa shape index (κ3) is 5.04. The van der Waals surface area contributed by atoms with Gasteiger partial charge >= 0.3 is 0 Å². The van der Waals surface area contributed by atoms with Crippen molar-refractivity contribution in [2.75, 3.05) is 33.4 Å². The molecular weight excluding hydrogens is 252 g/mol. The van der Waals surface area contributed by atoms with E-state index in [0.717, 1.165) is 6.07 Å². The number of benzene rings is 1. The van der Waals surface area contributed by atoms with Crippen LogP contribution in [0.4, 0.5) is 8.78 Å². The number of nitrogens with zero attached hydrogens (tertiary/aromatic N) is 1. The maximum atomic E-state index is 13.4. The molecule has 0 aliphatic heterocycles. The van der Waals surface area contributed by atoms with Crippen LogP contribution in [0, 0.1) is 11.6 Å². The third-order valence-electron chi connectivity index (χ3n) is 2.79. The van der Waals surface area contributed by atoms with E-state index in [1.165, 1.54) is 12.1 Å². The fraction of sp³-hybridized carbons (Fsp3) is 0.500. The smallest absolute Gasteiger partial charge is 0.169 e. The standard InChI is InChI=1S/C14H19F2NO2/c1-3-19-10-9-17(2)8-7-13(18)11-5-4-6-12(15)14(11)16/h4-6H,3,7-10H2,1-2H3. The summed E-state index contributed by atoms with van der Waals surface area (Å²) < 4.78 is 31.6. The Morgan fingerprint density at radius 2 is 2.05 bits per heavy atom. The van der Waals surface area contributed by atoms with Crippen LogP contribution in [-0.4, -0.2) is 44.0 Å². The molecule has 0 radical (unpaired) electrons. The summed E-state index contributed by atoms with van der Waals surface area (Å²) in [6.45, 7) is 4.35. The Bertz CT molecular complexity index is 424. The van der Waals surface area contributed by atoms with Gasteiger partial charge in [0.05, 0.1) is 12.2 Å². The van der Waals surface area contributed by atoms with Gasteiger partial charge in [-0.1, -0.05) is 6.07 Å². The summed E-state index contributed by atoms with van der Waals surface area (Å²) in [5, 5.41) is 0. The first-order valence-electron chi connectivity index (χ1n) is 6.29. The summed E-state index contributed by atoms with van der Waals surface area (Å²) >= 11 is 0. The maximum absolute atomic E-state index is 13.4. The number of hydrogen-bond acceptors (Lipinski definition) is 3. The second-order valence-electron chi connectivity index (χ2n) is 4.27. The number of Topliss-reactive ketones (excluding diaryl/α,β-unsaturated/α-hetero) is 1. The summed E-state index contributed by atoms with van der Waals surface area (Å²) in [6, 6.07) is 3.64. The number of rotatable bonds is 8. The molecule has 3 nitrogen and oxygen atoms in total. The second-order valence-corrected chi connectivity index (χ2v) is 4.27. The molecule has 1 rings (SSSR count). The highest BCUT2D eigenvalue weighted by atomic mass is 19.2. The van der Waals surface area contributed by atoms with Crippen molar-refractivity contribution in [3.8, 4) is 0 Å². The first-order valence-corrected chi connectivity index (χ1v) is 6.29. The predicted molar refractivity (Wildman–Crippen MR) is 69.3 cm³/mol. The molecule has 0 aliphatic rings. The van der Waals surface area contributed by atoms with E-state index in [1.54, 1.807) is 0 Å². The first kappa shape index (κ1) is 15.7. The highest BCUT2D eigenvalue weighted by Gasteiger charge is 2.15. The molecule has 106 valence electrons. The lowest BCUT2D eigenvalue weighted by Crippen LogP contribution is -2.26. The van der Waals surface area contributed by atoms with Gasteiger partial charge in [0.2, 0.25) is 0 Å². The van der Waals surface area contributed by atoms with Gasteiger partial charge in [-0.25, -0.2) is 8.78 Å². The van der Waals surface area contributed by atoms with E-state index in [4.69, 9.17) is 4.74 Å². The number of carbonyl (C=O) groups is 1. The van der Waals surface area contributed by atoms with E-state index in [9.17, 15) is 13.6 Å². The minimum absolute atomic E-state index is 0.156. The molecule has 0 bridgehead atoms. The Balaban J connectivity index is 2.45. The lowest BCUT2D eigenvalue weighted by Gasteiger charge is -2.15. The average molecular weight is 271 g/mol. The fourth-order valence-corrected chi connectivity index (χ4v) is 1.62. The molecule has 1 aromatic rings. The Morgan fingerprint density at radius 3 is 2.74 bits per heavy atom. The molecule has 0 aliphatic carbocycles. The van der Waals surface area contributed by atoms with Crippen LogP contribution >= 0.6 is 0 Å². The Morgan fingerprint density at radius 1 is 1.32 bits per heavy atom. The van der Waals surface area contributed by atoms with E-state index in [0.29, 0.717) is 26.3 Å². The molecular formula is C14H19F2NO2. The monoisotopic (exact) mass is 271 g/mol. The highest BCUT2D eigenvalue weighted by Crippen LogP contribution is 2.13. The molecule has 0 amide bonds. The van der Waals surface area contributed by atoms with Crippen molar-refractivity contribution in [3.63, 3.8) is 0 Å². The second kappa shape index (κ2) is 7.96.